The molecule has 0 spiro atoms. The summed E-state index contributed by atoms with van der Waals surface area (Å²) in [6.45, 7) is 0. The number of nitrogens with one attached hydrogen (secondary N) is 3. The molecule has 0 heterocycles. The quantitative estimate of drug-likeness (QED) is 0.496. The van der Waals surface area contributed by atoms with Crippen molar-refractivity contribution >= 4 is 29.0 Å². The molecule has 96 valence electrons. The van der Waals surface area contributed by atoms with Crippen LogP contribution in [0.3, 0.4) is 0 Å². The van der Waals surface area contributed by atoms with Crippen molar-refractivity contribution in [2.45, 2.75) is 0 Å². The summed E-state index contributed by atoms with van der Waals surface area (Å²) in [7, 11) is 0. The molecule has 0 atom stereocenters. The smallest absolute Gasteiger partial charge is 0.222 e. The van der Waals surface area contributed by atoms with Crippen LogP contribution in [0, 0.1) is 16.2 Å². The van der Waals surface area contributed by atoms with E-state index in [0.29, 0.717) is 0 Å². The predicted molar refractivity (Wildman–Crippen MR) is 69.2 cm³/mol. The fourth-order valence-corrected chi connectivity index (χ4v) is 1.13. The first kappa shape index (κ1) is 18.2. The van der Waals surface area contributed by atoms with E-state index in [2.05, 4.69) is 48.5 Å². The van der Waals surface area contributed by atoms with Crippen LogP contribution >= 0.6 is 0 Å². The van der Waals surface area contributed by atoms with E-state index >= 15 is 0 Å². The maximum atomic E-state index is 8.35. The number of isocyanates is 3. The third-order valence-electron chi connectivity index (χ3n) is 1.66. The van der Waals surface area contributed by atoms with Gasteiger partial charge in [0.05, 0.1) is 0 Å². The summed E-state index contributed by atoms with van der Waals surface area (Å²) in [6.07, 6.45) is 2.25. The van der Waals surface area contributed by atoms with Gasteiger partial charge in [-0.1, -0.05) is 48.5 Å². The summed E-state index contributed by atoms with van der Waals surface area (Å²) in [4.78, 5) is 25.0. The van der Waals surface area contributed by atoms with Gasteiger partial charge in [-0.2, -0.15) is 0 Å². The number of hydrogen-bond donors (Lipinski definition) is 3. The van der Waals surface area contributed by atoms with Gasteiger partial charge in [0.25, 0.3) is 0 Å². The van der Waals surface area contributed by atoms with E-state index in [1.807, 2.05) is 0 Å². The Hall–Kier alpha value is -3.16. The lowest BCUT2D eigenvalue weighted by molar-refractivity contribution is 0.562. The highest BCUT2D eigenvalue weighted by atomic mass is 16.1. The molecular weight excluding hydrogens is 246 g/mol. The Bertz CT molecular complexity index is 484. The molecule has 0 radical (unpaired) electrons. The molecule has 6 heteroatoms. The van der Waals surface area contributed by atoms with Crippen LogP contribution in [-0.4, -0.2) is 18.2 Å². The van der Waals surface area contributed by atoms with Gasteiger partial charge in [-0.05, 0) is 10.8 Å². The van der Waals surface area contributed by atoms with Crippen molar-refractivity contribution in [1.29, 1.82) is 16.2 Å². The first-order chi connectivity index (χ1) is 9.21. The van der Waals surface area contributed by atoms with E-state index in [0.717, 1.165) is 18.2 Å². The minimum atomic E-state index is 0.750. The number of carbonyl (C=O) groups excluding carboxylic acids is 3. The first-order valence-corrected chi connectivity index (χ1v) is 4.77. The summed E-state index contributed by atoms with van der Waals surface area (Å²) in [5.41, 5.74) is 0. The molecule has 0 amide bonds. The van der Waals surface area contributed by atoms with E-state index in [1.54, 1.807) is 0 Å². The molecule has 0 saturated heterocycles. The van der Waals surface area contributed by atoms with Crippen LogP contribution in [0.4, 0.5) is 0 Å². The van der Waals surface area contributed by atoms with Gasteiger partial charge in [0, 0.05) is 0 Å². The molecule has 0 aliphatic carbocycles. The van der Waals surface area contributed by atoms with Gasteiger partial charge in [0.2, 0.25) is 18.2 Å². The fraction of sp³-hybridized carbons (Fsp3) is 0. The Morgan fingerprint density at radius 2 is 0.737 bits per heavy atom. The Morgan fingerprint density at radius 1 is 0.579 bits per heavy atom. The summed E-state index contributed by atoms with van der Waals surface area (Å²) >= 11 is 0. The van der Waals surface area contributed by atoms with E-state index in [4.69, 9.17) is 30.6 Å². The van der Waals surface area contributed by atoms with E-state index < -0.39 is 0 Å². The maximum Gasteiger partial charge on any atom is 0.231 e. The summed E-state index contributed by atoms with van der Waals surface area (Å²) in [5, 5.41) is 18.8. The lowest BCUT2D eigenvalue weighted by Gasteiger charge is -1.92. The highest BCUT2D eigenvalue weighted by Crippen LogP contribution is 2.11. The molecule has 0 unspecified atom stereocenters. The predicted octanol–water partition coefficient (Wildman–Crippen LogP) is 2.54. The van der Waals surface area contributed by atoms with Crippen LogP contribution < -0.4 is 0 Å². The van der Waals surface area contributed by atoms with E-state index in [-0.39, 0.29) is 0 Å². The van der Waals surface area contributed by atoms with Crippen LogP contribution in [0.2, 0.25) is 0 Å². The van der Waals surface area contributed by atoms with E-state index in [9.17, 15) is 0 Å². The monoisotopic (exact) mass is 257 g/mol. The Morgan fingerprint density at radius 3 is 0.895 bits per heavy atom. The first-order valence-electron chi connectivity index (χ1n) is 4.77. The molecule has 0 aliphatic heterocycles. The minimum absolute atomic E-state index is 0.750. The molecule has 2 rings (SSSR count). The lowest BCUT2D eigenvalue weighted by Crippen LogP contribution is -1.67. The van der Waals surface area contributed by atoms with Crippen LogP contribution in [-0.2, 0) is 14.4 Å². The molecule has 0 fully saturated rings. The number of benzene rings is 2. The minimum Gasteiger partial charge on any atom is -0.222 e. The Balaban J connectivity index is 0. The van der Waals surface area contributed by atoms with Crippen LogP contribution in [0.15, 0.2) is 48.5 Å². The highest BCUT2D eigenvalue weighted by Gasteiger charge is 1.85. The number of fused-ring (bicyclic) bond motifs is 1. The van der Waals surface area contributed by atoms with Gasteiger partial charge >= 0.3 is 0 Å². The van der Waals surface area contributed by atoms with Crippen molar-refractivity contribution in [2.24, 2.45) is 0 Å². The lowest BCUT2D eigenvalue weighted by atomic mass is 10.1. The van der Waals surface area contributed by atoms with Crippen molar-refractivity contribution < 1.29 is 14.4 Å². The fourth-order valence-electron chi connectivity index (χ4n) is 1.13. The molecule has 0 aliphatic rings. The van der Waals surface area contributed by atoms with Gasteiger partial charge in [0.15, 0.2) is 0 Å². The largest absolute Gasteiger partial charge is 0.231 e. The highest BCUT2D eigenvalue weighted by molar-refractivity contribution is 5.81. The molecular formula is C13H11N3O3. The Labute approximate surface area is 109 Å². The molecule has 3 N–H and O–H groups in total. The Kier molecular flexibility index (Phi) is 14.2. The van der Waals surface area contributed by atoms with Gasteiger partial charge in [0.1, 0.15) is 0 Å². The van der Waals surface area contributed by atoms with Crippen molar-refractivity contribution in [2.75, 3.05) is 0 Å². The number of rotatable bonds is 0. The summed E-state index contributed by atoms with van der Waals surface area (Å²) in [6, 6.07) is 16.7. The SMILES string of the molecule is N=C=O.N=C=O.N=C=O.c1ccc2ccccc2c1. The van der Waals surface area contributed by atoms with Crippen LogP contribution in [0.5, 0.6) is 0 Å². The second kappa shape index (κ2) is 14.8. The molecule has 0 saturated carbocycles. The van der Waals surface area contributed by atoms with Crippen LogP contribution in [0.25, 0.3) is 10.8 Å². The van der Waals surface area contributed by atoms with Gasteiger partial charge in [-0.25, -0.2) is 30.6 Å². The second-order valence-electron chi connectivity index (χ2n) is 2.65. The molecule has 2 aromatic rings. The van der Waals surface area contributed by atoms with Gasteiger partial charge in [-0.15, -0.1) is 0 Å². The van der Waals surface area contributed by atoms with E-state index in [1.165, 1.54) is 10.8 Å². The topological polar surface area (TPSA) is 123 Å². The number of hydrogen-bond acceptors (Lipinski definition) is 6. The molecule has 0 aromatic heterocycles. The van der Waals surface area contributed by atoms with Crippen molar-refractivity contribution in [3.8, 4) is 0 Å². The van der Waals surface area contributed by atoms with Crippen LogP contribution in [0.1, 0.15) is 0 Å². The third kappa shape index (κ3) is 11.1. The average molecular weight is 257 g/mol. The molecule has 19 heavy (non-hydrogen) atoms. The van der Waals surface area contributed by atoms with Crippen molar-refractivity contribution in [1.82, 2.24) is 0 Å². The molecule has 2 aromatic carbocycles. The maximum absolute atomic E-state index is 8.35. The summed E-state index contributed by atoms with van der Waals surface area (Å²) in [5.74, 6) is 0. The second-order valence-corrected chi connectivity index (χ2v) is 2.65. The average Bonchev–Trinajstić information content (AvgIpc) is 2.42. The van der Waals surface area contributed by atoms with Crippen molar-refractivity contribution in [3.63, 3.8) is 0 Å². The van der Waals surface area contributed by atoms with Crippen molar-refractivity contribution in [3.05, 3.63) is 48.5 Å². The van der Waals surface area contributed by atoms with Gasteiger partial charge in [-0.3, -0.25) is 0 Å². The zero-order chi connectivity index (χ0) is 14.9. The van der Waals surface area contributed by atoms with Gasteiger partial charge < -0.3 is 0 Å². The molecule has 6 nitrogen and oxygen atoms in total. The normalized spacial score (nSPS) is 6.53. The third-order valence-corrected chi connectivity index (χ3v) is 1.66. The molecule has 0 bridgehead atoms. The zero-order valence-corrected chi connectivity index (χ0v) is 9.84. The standard InChI is InChI=1S/C10H8.3CHNO/c1-2-6-10-8-4-3-7-9(10)5-1;3*2-1-3/h1-8H;3*2H. The summed E-state index contributed by atoms with van der Waals surface area (Å²) < 4.78 is 0. The zero-order valence-electron chi connectivity index (χ0n) is 9.84.